The van der Waals surface area contributed by atoms with Gasteiger partial charge in [-0.3, -0.25) is 14.4 Å². The minimum absolute atomic E-state index is 0.268. The summed E-state index contributed by atoms with van der Waals surface area (Å²) in [6.45, 7) is 4.54. The number of alkyl halides is 3. The number of rotatable bonds is 8. The van der Waals surface area contributed by atoms with Crippen LogP contribution < -0.4 is 5.32 Å². The van der Waals surface area contributed by atoms with Gasteiger partial charge in [0.25, 0.3) is 0 Å². The van der Waals surface area contributed by atoms with Crippen LogP contribution in [0.5, 0.6) is 0 Å². The molecule has 1 saturated heterocycles. The number of amides is 1. The second kappa shape index (κ2) is 12.8. The molecule has 0 saturated carbocycles. The highest BCUT2D eigenvalue weighted by Crippen LogP contribution is 2.32. The lowest BCUT2D eigenvalue weighted by atomic mass is 9.97. The highest BCUT2D eigenvalue weighted by Gasteiger charge is 2.51. The van der Waals surface area contributed by atoms with E-state index in [1.165, 1.54) is 18.7 Å². The van der Waals surface area contributed by atoms with Gasteiger partial charge in [0, 0.05) is 20.8 Å². The predicted octanol–water partition coefficient (Wildman–Crippen LogP) is 2.36. The van der Waals surface area contributed by atoms with Gasteiger partial charge in [-0.05, 0) is 5.75 Å². The lowest BCUT2D eigenvalue weighted by molar-refractivity contribution is -0.211. The van der Waals surface area contributed by atoms with Crippen molar-refractivity contribution in [3.8, 4) is 0 Å². The number of thioether (sulfide) groups is 1. The summed E-state index contributed by atoms with van der Waals surface area (Å²) >= 11 is 18.0. The van der Waals surface area contributed by atoms with E-state index in [-0.39, 0.29) is 6.61 Å². The third-order valence-electron chi connectivity index (χ3n) is 3.68. The third-order valence-corrected chi connectivity index (χ3v) is 5.08. The molecule has 0 radical (unpaired) electrons. The van der Waals surface area contributed by atoms with E-state index in [1.807, 2.05) is 6.92 Å². The van der Waals surface area contributed by atoms with Gasteiger partial charge >= 0.3 is 24.0 Å². The van der Waals surface area contributed by atoms with Crippen LogP contribution >= 0.6 is 46.6 Å². The third kappa shape index (κ3) is 10.3. The maximum absolute atomic E-state index is 12.3. The Kier molecular flexibility index (Phi) is 11.5. The number of carbonyl (C=O) groups excluding carboxylic acids is 4. The molecule has 10 nitrogen and oxygen atoms in total. The van der Waals surface area contributed by atoms with Crippen LogP contribution in [0, 0.1) is 0 Å². The van der Waals surface area contributed by atoms with E-state index < -0.39 is 64.2 Å². The Hall–Kier alpha value is -1.14. The number of hydrogen-bond donors (Lipinski definition) is 1. The lowest BCUT2D eigenvalue weighted by Crippen LogP contribution is -2.65. The Labute approximate surface area is 198 Å². The zero-order chi connectivity index (χ0) is 23.8. The Morgan fingerprint density at radius 2 is 1.55 bits per heavy atom. The summed E-state index contributed by atoms with van der Waals surface area (Å²) in [5, 5.41) is 2.51. The minimum Gasteiger partial charge on any atom is -0.463 e. The largest absolute Gasteiger partial charge is 0.463 e. The van der Waals surface area contributed by atoms with Gasteiger partial charge in [0.05, 0.1) is 0 Å². The molecule has 0 spiro atoms. The Morgan fingerprint density at radius 3 is 2.03 bits per heavy atom. The normalized spacial score (nSPS) is 25.8. The van der Waals surface area contributed by atoms with E-state index in [0.717, 1.165) is 13.8 Å². The second-order valence-corrected chi connectivity index (χ2v) is 10.2. The van der Waals surface area contributed by atoms with Crippen molar-refractivity contribution in [3.05, 3.63) is 0 Å². The van der Waals surface area contributed by atoms with Crippen molar-refractivity contribution in [2.75, 3.05) is 19.0 Å². The molecule has 0 aromatic rings. The average molecular weight is 525 g/mol. The summed E-state index contributed by atoms with van der Waals surface area (Å²) in [6, 6.07) is -1.00. The maximum atomic E-state index is 12.3. The topological polar surface area (TPSA) is 126 Å². The summed E-state index contributed by atoms with van der Waals surface area (Å²) in [5.41, 5.74) is -0.776. The fourth-order valence-electron chi connectivity index (χ4n) is 2.69. The molecule has 5 atom stereocenters. The molecule has 14 heteroatoms. The van der Waals surface area contributed by atoms with Crippen molar-refractivity contribution >= 4 is 70.6 Å². The molecule has 1 aliphatic heterocycles. The summed E-state index contributed by atoms with van der Waals surface area (Å²) in [4.78, 5) is 47.0. The fraction of sp³-hybridized carbons (Fsp3) is 0.765. The molecule has 1 amide bonds. The molecule has 31 heavy (non-hydrogen) atoms. The smallest absolute Gasteiger partial charge is 0.407 e. The monoisotopic (exact) mass is 523 g/mol. The molecule has 1 heterocycles. The summed E-state index contributed by atoms with van der Waals surface area (Å²) in [5.74, 6) is -1.42. The van der Waals surface area contributed by atoms with E-state index in [4.69, 9.17) is 58.5 Å². The molecule has 1 fully saturated rings. The van der Waals surface area contributed by atoms with Gasteiger partial charge in [-0.15, -0.1) is 11.8 Å². The molecule has 0 aliphatic carbocycles. The zero-order valence-electron chi connectivity index (χ0n) is 17.2. The van der Waals surface area contributed by atoms with Crippen molar-refractivity contribution in [2.24, 2.45) is 0 Å². The molecular formula is C17H24Cl3NO9S. The van der Waals surface area contributed by atoms with Crippen LogP contribution in [0.1, 0.15) is 27.7 Å². The molecule has 0 aromatic heterocycles. The molecule has 0 bridgehead atoms. The van der Waals surface area contributed by atoms with Gasteiger partial charge in [-0.2, -0.15) is 0 Å². The lowest BCUT2D eigenvalue weighted by Gasteiger charge is -2.44. The van der Waals surface area contributed by atoms with Crippen LogP contribution in [-0.4, -0.2) is 76.6 Å². The Balaban J connectivity index is 3.20. The minimum atomic E-state index is -1.83. The van der Waals surface area contributed by atoms with Gasteiger partial charge in [-0.1, -0.05) is 41.7 Å². The molecule has 1 N–H and O–H groups in total. The van der Waals surface area contributed by atoms with Crippen LogP contribution in [-0.2, 0) is 38.1 Å². The first-order chi connectivity index (χ1) is 14.3. The maximum Gasteiger partial charge on any atom is 0.407 e. The number of esters is 3. The first-order valence-electron chi connectivity index (χ1n) is 9.09. The predicted molar refractivity (Wildman–Crippen MR) is 113 cm³/mol. The van der Waals surface area contributed by atoms with E-state index in [1.54, 1.807) is 0 Å². The van der Waals surface area contributed by atoms with Crippen molar-refractivity contribution in [2.45, 2.75) is 61.3 Å². The van der Waals surface area contributed by atoms with E-state index >= 15 is 0 Å². The Bertz CT molecular complexity index is 661. The van der Waals surface area contributed by atoms with Crippen molar-refractivity contribution in [1.29, 1.82) is 0 Å². The van der Waals surface area contributed by atoms with Gasteiger partial charge < -0.3 is 29.0 Å². The fourth-order valence-corrected chi connectivity index (χ4v) is 3.83. The molecule has 1 aliphatic rings. The van der Waals surface area contributed by atoms with Crippen LogP contribution in [0.25, 0.3) is 0 Å². The van der Waals surface area contributed by atoms with Gasteiger partial charge in [0.1, 0.15) is 30.8 Å². The molecule has 0 aromatic carbocycles. The summed E-state index contributed by atoms with van der Waals surface area (Å²) in [6.07, 6.45) is -4.30. The second-order valence-electron chi connectivity index (χ2n) is 6.31. The van der Waals surface area contributed by atoms with E-state index in [2.05, 4.69) is 5.32 Å². The highest BCUT2D eigenvalue weighted by atomic mass is 35.6. The quantitative estimate of drug-likeness (QED) is 0.287. The number of ether oxygens (including phenoxy) is 5. The van der Waals surface area contributed by atoms with Crippen molar-refractivity contribution < 1.29 is 42.9 Å². The number of carbonyl (C=O) groups is 4. The molecular weight excluding hydrogens is 501 g/mol. The molecule has 1 rings (SSSR count). The van der Waals surface area contributed by atoms with Crippen LogP contribution in [0.4, 0.5) is 4.79 Å². The van der Waals surface area contributed by atoms with Gasteiger partial charge in [0.15, 0.2) is 12.2 Å². The van der Waals surface area contributed by atoms with Crippen molar-refractivity contribution in [1.82, 2.24) is 5.32 Å². The first-order valence-corrected chi connectivity index (χ1v) is 11.3. The number of nitrogens with one attached hydrogen (secondary N) is 1. The molecule has 0 unspecified atom stereocenters. The standard InChI is InChI=1S/C17H24Cl3NO9S/c1-5-31-15-12(21-16(25)27-7-17(18,19)20)14(29-10(4)24)13(28-9(3)23)11(30-15)6-26-8(2)22/h11-15H,5-7H2,1-4H3,(H,21,25)/t11-,12-,13-,14-,15+/m1/s1. The van der Waals surface area contributed by atoms with E-state index in [0.29, 0.717) is 5.75 Å². The Morgan fingerprint density at radius 1 is 0.968 bits per heavy atom. The highest BCUT2D eigenvalue weighted by molar-refractivity contribution is 7.99. The summed E-state index contributed by atoms with van der Waals surface area (Å²) in [7, 11) is 0. The van der Waals surface area contributed by atoms with Crippen LogP contribution in [0.2, 0.25) is 0 Å². The molecule has 178 valence electrons. The average Bonchev–Trinajstić information content (AvgIpc) is 2.62. The van der Waals surface area contributed by atoms with Crippen LogP contribution in [0.3, 0.4) is 0 Å². The van der Waals surface area contributed by atoms with Crippen LogP contribution in [0.15, 0.2) is 0 Å². The number of alkyl carbamates (subject to hydrolysis) is 1. The van der Waals surface area contributed by atoms with E-state index in [9.17, 15) is 19.2 Å². The summed E-state index contributed by atoms with van der Waals surface area (Å²) < 4.78 is 24.7. The van der Waals surface area contributed by atoms with Gasteiger partial charge in [0.2, 0.25) is 3.79 Å². The SMILES string of the molecule is CCS[C@@H]1O[C@H](COC(C)=O)[C@@H](OC(C)=O)[C@H](OC(C)=O)[C@H]1NC(=O)OCC(Cl)(Cl)Cl. The first kappa shape index (κ1) is 27.9. The van der Waals surface area contributed by atoms with Crippen molar-refractivity contribution in [3.63, 3.8) is 0 Å². The number of halogens is 3. The zero-order valence-corrected chi connectivity index (χ0v) is 20.3. The number of hydrogen-bond acceptors (Lipinski definition) is 10. The van der Waals surface area contributed by atoms with Gasteiger partial charge in [-0.25, -0.2) is 4.79 Å².